The molecule has 9 rings (SSSR count). The number of benzene rings is 6. The van der Waals surface area contributed by atoms with Crippen LogP contribution in [-0.2, 0) is 0 Å². The van der Waals surface area contributed by atoms with Crippen molar-refractivity contribution in [1.82, 2.24) is 14.1 Å². The van der Waals surface area contributed by atoms with E-state index in [0.29, 0.717) is 16.8 Å². The lowest BCUT2D eigenvalue weighted by Gasteiger charge is -2.15. The van der Waals surface area contributed by atoms with Crippen LogP contribution in [0.2, 0.25) is 0 Å². The Bertz CT molecular complexity index is 2660. The van der Waals surface area contributed by atoms with E-state index in [1.807, 2.05) is 24.3 Å². The monoisotopic (exact) mass is 611 g/mol. The van der Waals surface area contributed by atoms with Crippen LogP contribution in [-0.4, -0.2) is 14.1 Å². The molecule has 6 aromatic carbocycles. The summed E-state index contributed by atoms with van der Waals surface area (Å²) in [6.07, 6.45) is 0. The van der Waals surface area contributed by atoms with E-state index < -0.39 is 0 Å². The van der Waals surface area contributed by atoms with E-state index in [2.05, 4.69) is 143 Å². The molecule has 0 aliphatic rings. The number of fused-ring (bicyclic) bond motifs is 6. The SMILES string of the molecule is N#Cc1cc(C#N)cc(-c2nc(-n3c4ccccc4c4ccccc43)ccc2-c2ccc(-n3c4ccccc4c4ccccc43)cc2)c1. The zero-order chi connectivity index (χ0) is 32.2. The fraction of sp³-hybridized carbons (Fsp3) is 0. The van der Waals surface area contributed by atoms with Crippen LogP contribution in [0, 0.1) is 22.7 Å². The molecule has 0 atom stereocenters. The number of aromatic nitrogens is 3. The smallest absolute Gasteiger partial charge is 0.138 e. The van der Waals surface area contributed by atoms with Crippen LogP contribution in [0.5, 0.6) is 0 Å². The Hall–Kier alpha value is -6.95. The first kappa shape index (κ1) is 27.4. The fourth-order valence-electron chi connectivity index (χ4n) is 7.08. The Kier molecular flexibility index (Phi) is 6.18. The average molecular weight is 612 g/mol. The molecule has 9 aromatic rings. The summed E-state index contributed by atoms with van der Waals surface area (Å²) in [6.45, 7) is 0. The van der Waals surface area contributed by atoms with Gasteiger partial charge in [-0.05, 0) is 72.3 Å². The Balaban J connectivity index is 1.26. The van der Waals surface area contributed by atoms with E-state index in [1.54, 1.807) is 6.07 Å². The second kappa shape index (κ2) is 10.8. The number of rotatable bonds is 4. The Morgan fingerprint density at radius 2 is 0.896 bits per heavy atom. The molecule has 0 unspecified atom stereocenters. The Morgan fingerprint density at radius 3 is 1.38 bits per heavy atom. The minimum atomic E-state index is 0.417. The minimum absolute atomic E-state index is 0.417. The average Bonchev–Trinajstić information content (AvgIpc) is 3.68. The van der Waals surface area contributed by atoms with Gasteiger partial charge in [0.15, 0.2) is 0 Å². The lowest BCUT2D eigenvalue weighted by molar-refractivity contribution is 1.08. The summed E-state index contributed by atoms with van der Waals surface area (Å²) in [6, 6.07) is 56.1. The molecule has 0 spiro atoms. The van der Waals surface area contributed by atoms with Crippen LogP contribution in [0.1, 0.15) is 11.1 Å². The third kappa shape index (κ3) is 4.20. The highest BCUT2D eigenvalue weighted by atomic mass is 15.1. The van der Waals surface area contributed by atoms with Gasteiger partial charge >= 0.3 is 0 Å². The van der Waals surface area contributed by atoms with E-state index in [1.165, 1.54) is 10.8 Å². The highest BCUT2D eigenvalue weighted by Crippen LogP contribution is 2.37. The predicted octanol–water partition coefficient (Wildman–Crippen LogP) is 10.4. The van der Waals surface area contributed by atoms with Crippen molar-refractivity contribution in [2.75, 3.05) is 0 Å². The summed E-state index contributed by atoms with van der Waals surface area (Å²) < 4.78 is 4.48. The summed E-state index contributed by atoms with van der Waals surface area (Å²) in [5.41, 5.74) is 9.63. The molecular formula is C43H25N5. The summed E-state index contributed by atoms with van der Waals surface area (Å²) in [7, 11) is 0. The maximum absolute atomic E-state index is 9.84. The molecular weight excluding hydrogens is 587 g/mol. The molecule has 222 valence electrons. The van der Waals surface area contributed by atoms with Gasteiger partial charge in [0.2, 0.25) is 0 Å². The van der Waals surface area contributed by atoms with Crippen molar-refractivity contribution in [1.29, 1.82) is 10.5 Å². The fourth-order valence-corrected chi connectivity index (χ4v) is 7.08. The summed E-state index contributed by atoms with van der Waals surface area (Å²) in [4.78, 5) is 5.31. The second-order valence-electron chi connectivity index (χ2n) is 11.9. The minimum Gasteiger partial charge on any atom is -0.309 e. The number of pyridine rings is 1. The maximum Gasteiger partial charge on any atom is 0.138 e. The zero-order valence-corrected chi connectivity index (χ0v) is 25.7. The van der Waals surface area contributed by atoms with E-state index in [9.17, 15) is 10.5 Å². The number of nitriles is 2. The molecule has 0 amide bonds. The first-order valence-corrected chi connectivity index (χ1v) is 15.8. The predicted molar refractivity (Wildman–Crippen MR) is 193 cm³/mol. The summed E-state index contributed by atoms with van der Waals surface area (Å²) in [5.74, 6) is 0.758. The third-order valence-electron chi connectivity index (χ3n) is 9.17. The molecule has 3 aromatic heterocycles. The Labute approximate surface area is 276 Å². The van der Waals surface area contributed by atoms with Crippen LogP contribution in [0.3, 0.4) is 0 Å². The number of hydrogen-bond donors (Lipinski definition) is 0. The molecule has 0 N–H and O–H groups in total. The van der Waals surface area contributed by atoms with Gasteiger partial charge in [-0.2, -0.15) is 10.5 Å². The second-order valence-corrected chi connectivity index (χ2v) is 11.9. The molecule has 0 bridgehead atoms. The van der Waals surface area contributed by atoms with E-state index in [-0.39, 0.29) is 0 Å². The van der Waals surface area contributed by atoms with Crippen molar-refractivity contribution >= 4 is 43.6 Å². The molecule has 0 fully saturated rings. The van der Waals surface area contributed by atoms with Crippen LogP contribution in [0.25, 0.3) is 77.5 Å². The lowest BCUT2D eigenvalue weighted by Crippen LogP contribution is -2.01. The zero-order valence-electron chi connectivity index (χ0n) is 25.7. The summed E-state index contributed by atoms with van der Waals surface area (Å²) in [5, 5.41) is 24.4. The van der Waals surface area contributed by atoms with E-state index >= 15 is 0 Å². The molecule has 0 saturated heterocycles. The van der Waals surface area contributed by atoms with Crippen molar-refractivity contribution in [2.45, 2.75) is 0 Å². The van der Waals surface area contributed by atoms with Gasteiger partial charge in [-0.3, -0.25) is 4.57 Å². The summed E-state index contributed by atoms with van der Waals surface area (Å²) >= 11 is 0. The van der Waals surface area contributed by atoms with Gasteiger partial charge in [-0.1, -0.05) is 84.9 Å². The Morgan fingerprint density at radius 1 is 0.438 bits per heavy atom. The van der Waals surface area contributed by atoms with Crippen LogP contribution in [0.15, 0.2) is 152 Å². The highest BCUT2D eigenvalue weighted by Gasteiger charge is 2.18. The molecule has 5 heteroatoms. The molecule has 3 heterocycles. The van der Waals surface area contributed by atoms with Gasteiger partial charge in [0.1, 0.15) is 5.82 Å². The molecule has 0 aliphatic heterocycles. The van der Waals surface area contributed by atoms with Gasteiger partial charge in [-0.15, -0.1) is 0 Å². The van der Waals surface area contributed by atoms with Crippen molar-refractivity contribution in [3.05, 3.63) is 163 Å². The van der Waals surface area contributed by atoms with Crippen LogP contribution < -0.4 is 0 Å². The topological polar surface area (TPSA) is 70.3 Å². The van der Waals surface area contributed by atoms with Crippen molar-refractivity contribution < 1.29 is 0 Å². The maximum atomic E-state index is 9.84. The van der Waals surface area contributed by atoms with Crippen LogP contribution >= 0.6 is 0 Å². The normalized spacial score (nSPS) is 11.3. The van der Waals surface area contributed by atoms with Gasteiger partial charge < -0.3 is 4.57 Å². The first-order chi connectivity index (χ1) is 23.7. The molecule has 0 aliphatic carbocycles. The number of nitrogens with zero attached hydrogens (tertiary/aromatic N) is 5. The first-order valence-electron chi connectivity index (χ1n) is 15.8. The lowest BCUT2D eigenvalue weighted by atomic mass is 9.96. The van der Waals surface area contributed by atoms with Gasteiger partial charge in [-0.25, -0.2) is 4.98 Å². The number of hydrogen-bond acceptors (Lipinski definition) is 3. The molecule has 0 saturated carbocycles. The molecule has 48 heavy (non-hydrogen) atoms. The largest absolute Gasteiger partial charge is 0.309 e. The van der Waals surface area contributed by atoms with Crippen molar-refractivity contribution in [2.24, 2.45) is 0 Å². The third-order valence-corrected chi connectivity index (χ3v) is 9.17. The molecule has 0 radical (unpaired) electrons. The standard InChI is InChI=1S/C43H25N5/c44-26-28-23-29(27-45)25-31(24-28)43-33(21-22-42(46-43)48-40-15-7-3-11-36(40)37-12-4-8-16-41(37)48)30-17-19-32(20-18-30)47-38-13-5-1-9-34(38)35-10-2-6-14-39(35)47/h1-25H. The van der Waals surface area contributed by atoms with Crippen LogP contribution in [0.4, 0.5) is 0 Å². The van der Waals surface area contributed by atoms with Crippen molar-refractivity contribution in [3.8, 4) is 46.0 Å². The van der Waals surface area contributed by atoms with E-state index in [4.69, 9.17) is 4.98 Å². The van der Waals surface area contributed by atoms with Gasteiger partial charge in [0.25, 0.3) is 0 Å². The highest BCUT2D eigenvalue weighted by molar-refractivity contribution is 6.10. The van der Waals surface area contributed by atoms with Gasteiger partial charge in [0, 0.05) is 38.4 Å². The number of para-hydroxylation sites is 4. The van der Waals surface area contributed by atoms with E-state index in [0.717, 1.165) is 61.0 Å². The van der Waals surface area contributed by atoms with Crippen molar-refractivity contribution in [3.63, 3.8) is 0 Å². The quantitative estimate of drug-likeness (QED) is 0.199. The molecule has 5 nitrogen and oxygen atoms in total. The van der Waals surface area contributed by atoms with Gasteiger partial charge in [0.05, 0.1) is 51.0 Å².